The van der Waals surface area contributed by atoms with Crippen LogP contribution in [0.4, 0.5) is 0 Å². The molecule has 0 saturated heterocycles. The van der Waals surface area contributed by atoms with Crippen LogP contribution in [0.15, 0.2) is 0 Å². The van der Waals surface area contributed by atoms with Crippen LogP contribution in [0, 0.1) is 0 Å². The number of rotatable bonds is 0. The molecule has 6 heavy (non-hydrogen) atoms. The molecule has 0 unspecified atom stereocenters. The molecule has 0 aromatic heterocycles. The van der Waals surface area contributed by atoms with Crippen molar-refractivity contribution in [1.29, 1.82) is 0 Å². The number of carboxylic acid groups (broad SMARTS) is 1. The van der Waals surface area contributed by atoms with Gasteiger partial charge >= 0.3 is 26.2 Å². The van der Waals surface area contributed by atoms with Crippen molar-refractivity contribution in [2.75, 3.05) is 0 Å². The van der Waals surface area contributed by atoms with Gasteiger partial charge in [-0.05, 0) is 6.92 Å². The largest absolute Gasteiger partial charge is 0.870 e. The molecule has 0 fully saturated rings. The molecule has 0 aliphatic rings. The van der Waals surface area contributed by atoms with Gasteiger partial charge in [0.15, 0.2) is 0 Å². The summed E-state index contributed by atoms with van der Waals surface area (Å²) in [5, 5.41) is 8.89. The summed E-state index contributed by atoms with van der Waals surface area (Å²) in [4.78, 5) is 8.89. The van der Waals surface area contributed by atoms with Crippen molar-refractivity contribution in [1.82, 2.24) is 0 Å². The van der Waals surface area contributed by atoms with E-state index in [1.165, 1.54) is 0 Å². The molecule has 0 spiro atoms. The Bertz CT molecular complexity index is 31.8. The van der Waals surface area contributed by atoms with Crippen LogP contribution in [-0.2, 0) is 4.79 Å². The van der Waals surface area contributed by atoms with E-state index < -0.39 is 5.97 Å². The van der Waals surface area contributed by atoms with E-state index in [2.05, 4.69) is 0 Å². The maximum absolute atomic E-state index is 8.89. The van der Waals surface area contributed by atoms with Crippen molar-refractivity contribution < 1.29 is 15.4 Å². The fraction of sp³-hybridized carbons (Fsp3) is 0.500. The Morgan fingerprint density at radius 1 is 1.67 bits per heavy atom. The van der Waals surface area contributed by atoms with Crippen molar-refractivity contribution in [3.8, 4) is 0 Å². The Balaban J connectivity index is -0.0000000450. The third-order valence-corrected chi connectivity index (χ3v) is 0. The number of carboxylic acids is 1. The zero-order chi connectivity index (χ0) is 3.58. The van der Waals surface area contributed by atoms with Gasteiger partial charge in [-0.3, -0.25) is 0 Å². The molecule has 0 aromatic carbocycles. The second kappa shape index (κ2) is 9.00. The molecule has 0 atom stereocenters. The SMILES string of the molecule is CC(=O)[O-].[BiH+2].[OH-]. The van der Waals surface area contributed by atoms with Crippen molar-refractivity contribution in [2.24, 2.45) is 0 Å². The first-order chi connectivity index (χ1) is 1.73. The standard InChI is InChI=1S/C2H4O2.Bi.H2O.H/c1-2(3)4;;;/h1H3,(H,3,4);;1H2;/q;+2;;/p-2. The summed E-state index contributed by atoms with van der Waals surface area (Å²) in [5.41, 5.74) is 0. The molecule has 36 valence electrons. The molecule has 2 radical (unpaired) electrons. The Morgan fingerprint density at radius 3 is 1.67 bits per heavy atom. The van der Waals surface area contributed by atoms with E-state index in [4.69, 9.17) is 9.90 Å². The summed E-state index contributed by atoms with van der Waals surface area (Å²) >= 11 is 0. The minimum absolute atomic E-state index is 0. The molecule has 4 heteroatoms. The summed E-state index contributed by atoms with van der Waals surface area (Å²) in [6, 6.07) is 0. The van der Waals surface area contributed by atoms with Crippen LogP contribution < -0.4 is 5.11 Å². The molecule has 1 N–H and O–H groups in total. The predicted octanol–water partition coefficient (Wildman–Crippen LogP) is -2.07. The maximum atomic E-state index is 8.89. The zero-order valence-electron chi connectivity index (χ0n) is 3.26. The molecule has 0 amide bonds. The number of aliphatic carboxylic acids is 1. The third-order valence-electron chi connectivity index (χ3n) is 0. The van der Waals surface area contributed by atoms with E-state index in [0.29, 0.717) is 0 Å². The number of hydrogen-bond acceptors (Lipinski definition) is 3. The maximum Gasteiger partial charge on any atom is -0.870 e. The van der Waals surface area contributed by atoms with Crippen LogP contribution in [-0.4, -0.2) is 37.6 Å². The second-order valence-corrected chi connectivity index (χ2v) is 0.492. The molecule has 0 heterocycles. The van der Waals surface area contributed by atoms with E-state index in [1.807, 2.05) is 0 Å². The first-order valence-corrected chi connectivity index (χ1v) is 0.908. The van der Waals surface area contributed by atoms with Gasteiger partial charge in [-0.2, -0.15) is 0 Å². The van der Waals surface area contributed by atoms with Crippen molar-refractivity contribution >= 4 is 32.2 Å². The smallest absolute Gasteiger partial charge is 0.870 e. The summed E-state index contributed by atoms with van der Waals surface area (Å²) in [6.07, 6.45) is 0. The van der Waals surface area contributed by atoms with Gasteiger partial charge in [0.1, 0.15) is 0 Å². The van der Waals surface area contributed by atoms with E-state index in [-0.39, 0.29) is 31.7 Å². The van der Waals surface area contributed by atoms with E-state index >= 15 is 0 Å². The molecule has 0 rings (SSSR count). The van der Waals surface area contributed by atoms with Gasteiger partial charge in [-0.1, -0.05) is 0 Å². The molecule has 0 aliphatic carbocycles. The van der Waals surface area contributed by atoms with Crippen molar-refractivity contribution in [3.63, 3.8) is 0 Å². The quantitative estimate of drug-likeness (QED) is 0.480. The molecular formula is C2H5BiO3. The molecular weight excluding hydrogens is 281 g/mol. The average Bonchev–Trinajstić information content (AvgIpc) is 0.811. The molecule has 0 aliphatic heterocycles. The average molecular weight is 286 g/mol. The van der Waals surface area contributed by atoms with Crippen LogP contribution >= 0.6 is 0 Å². The summed E-state index contributed by atoms with van der Waals surface area (Å²) in [5.74, 6) is -1.08. The van der Waals surface area contributed by atoms with Crippen LogP contribution in [0.25, 0.3) is 0 Å². The van der Waals surface area contributed by atoms with Crippen LogP contribution in [0.3, 0.4) is 0 Å². The Morgan fingerprint density at radius 2 is 1.67 bits per heavy atom. The van der Waals surface area contributed by atoms with Crippen LogP contribution in [0.5, 0.6) is 0 Å². The van der Waals surface area contributed by atoms with E-state index in [1.54, 1.807) is 0 Å². The second-order valence-electron chi connectivity index (χ2n) is 0.492. The zero-order valence-corrected chi connectivity index (χ0v) is 7.15. The monoisotopic (exact) mass is 286 g/mol. The van der Waals surface area contributed by atoms with Gasteiger partial charge in [0.2, 0.25) is 0 Å². The fourth-order valence-corrected chi connectivity index (χ4v) is 0. The summed E-state index contributed by atoms with van der Waals surface area (Å²) < 4.78 is 0. The topological polar surface area (TPSA) is 70.1 Å². The molecule has 0 saturated carbocycles. The first kappa shape index (κ1) is 16.2. The Hall–Kier alpha value is 0.313. The van der Waals surface area contributed by atoms with Gasteiger partial charge in [0.25, 0.3) is 0 Å². The van der Waals surface area contributed by atoms with Gasteiger partial charge in [-0.25, -0.2) is 0 Å². The number of carbonyl (C=O) groups is 1. The Kier molecular flexibility index (Phi) is 24.4. The van der Waals surface area contributed by atoms with E-state index in [9.17, 15) is 0 Å². The molecule has 3 nitrogen and oxygen atoms in total. The van der Waals surface area contributed by atoms with Crippen LogP contribution in [0.1, 0.15) is 6.92 Å². The third kappa shape index (κ3) is 483. The Labute approximate surface area is 54.8 Å². The number of carbonyl (C=O) groups excluding carboxylic acids is 1. The first-order valence-electron chi connectivity index (χ1n) is 0.908. The van der Waals surface area contributed by atoms with Crippen molar-refractivity contribution in [3.05, 3.63) is 0 Å². The normalized spacial score (nSPS) is 4.17. The molecule has 0 aromatic rings. The minimum atomic E-state index is -1.08. The molecule has 0 bridgehead atoms. The number of hydrogen-bond donors (Lipinski definition) is 0. The predicted molar refractivity (Wildman–Crippen MR) is 19.8 cm³/mol. The van der Waals surface area contributed by atoms with Gasteiger partial charge in [0, 0.05) is 5.97 Å². The van der Waals surface area contributed by atoms with Crippen LogP contribution in [0.2, 0.25) is 0 Å². The fourth-order valence-electron chi connectivity index (χ4n) is 0. The summed E-state index contributed by atoms with van der Waals surface area (Å²) in [7, 11) is 0. The summed E-state index contributed by atoms with van der Waals surface area (Å²) in [6.45, 7) is 0.972. The van der Waals surface area contributed by atoms with Gasteiger partial charge in [-0.15, -0.1) is 0 Å². The minimum Gasteiger partial charge on any atom is -0.870 e. The van der Waals surface area contributed by atoms with Crippen molar-refractivity contribution in [2.45, 2.75) is 6.92 Å². The van der Waals surface area contributed by atoms with E-state index in [0.717, 1.165) is 6.92 Å². The van der Waals surface area contributed by atoms with Gasteiger partial charge in [0.05, 0.1) is 0 Å². The van der Waals surface area contributed by atoms with Gasteiger partial charge < -0.3 is 15.4 Å².